The molecule has 5 nitrogen and oxygen atoms in total. The largest absolute Gasteiger partial charge is 0.493 e. The fourth-order valence-corrected chi connectivity index (χ4v) is 3.29. The molecule has 1 heterocycles. The van der Waals surface area contributed by atoms with Gasteiger partial charge in [0.2, 0.25) is 5.91 Å². The number of nitrogens with zero attached hydrogens (tertiary/aromatic N) is 1. The second-order valence-corrected chi connectivity index (χ2v) is 6.53. The zero-order valence-corrected chi connectivity index (χ0v) is 16.0. The van der Waals surface area contributed by atoms with Gasteiger partial charge in [-0.05, 0) is 23.8 Å². The highest BCUT2D eigenvalue weighted by atomic mass is 32.1. The van der Waals surface area contributed by atoms with Crippen LogP contribution < -0.4 is 14.8 Å². The summed E-state index contributed by atoms with van der Waals surface area (Å²) in [5.74, 6) is 1.09. The van der Waals surface area contributed by atoms with E-state index in [4.69, 9.17) is 9.47 Å². The Labute approximate surface area is 162 Å². The van der Waals surface area contributed by atoms with Gasteiger partial charge in [-0.3, -0.25) is 4.79 Å². The summed E-state index contributed by atoms with van der Waals surface area (Å²) in [6.07, 6.45) is 3.22. The Bertz CT molecular complexity index is 936. The van der Waals surface area contributed by atoms with Crippen molar-refractivity contribution in [3.63, 3.8) is 0 Å². The van der Waals surface area contributed by atoms with Crippen molar-refractivity contribution in [2.45, 2.75) is 6.54 Å². The quantitative estimate of drug-likeness (QED) is 0.626. The van der Waals surface area contributed by atoms with Crippen molar-refractivity contribution < 1.29 is 14.3 Å². The van der Waals surface area contributed by atoms with Gasteiger partial charge in [-0.25, -0.2) is 4.98 Å². The molecule has 138 valence electrons. The van der Waals surface area contributed by atoms with Crippen LogP contribution in [0.15, 0.2) is 60.0 Å². The summed E-state index contributed by atoms with van der Waals surface area (Å²) in [4.78, 5) is 16.6. The third-order valence-electron chi connectivity index (χ3n) is 3.85. The predicted molar refractivity (Wildman–Crippen MR) is 108 cm³/mol. The predicted octanol–water partition coefficient (Wildman–Crippen LogP) is 4.16. The first-order chi connectivity index (χ1) is 13.2. The van der Waals surface area contributed by atoms with E-state index in [9.17, 15) is 4.79 Å². The van der Waals surface area contributed by atoms with Crippen LogP contribution >= 0.6 is 11.3 Å². The Morgan fingerprint density at radius 2 is 1.89 bits per heavy atom. The van der Waals surface area contributed by atoms with Gasteiger partial charge in [0.15, 0.2) is 11.5 Å². The van der Waals surface area contributed by atoms with E-state index >= 15 is 0 Å². The maximum Gasteiger partial charge on any atom is 0.244 e. The summed E-state index contributed by atoms with van der Waals surface area (Å²) in [6, 6.07) is 15.5. The van der Waals surface area contributed by atoms with Crippen LogP contribution in [0.2, 0.25) is 0 Å². The molecule has 0 saturated heterocycles. The van der Waals surface area contributed by atoms with Crippen molar-refractivity contribution in [2.24, 2.45) is 0 Å². The number of hydrogen-bond donors (Lipinski definition) is 1. The number of thiazole rings is 1. The van der Waals surface area contributed by atoms with E-state index in [1.807, 2.05) is 47.8 Å². The Morgan fingerprint density at radius 3 is 2.63 bits per heavy atom. The van der Waals surface area contributed by atoms with Crippen molar-refractivity contribution in [3.8, 4) is 22.1 Å². The van der Waals surface area contributed by atoms with E-state index in [0.717, 1.165) is 21.8 Å². The van der Waals surface area contributed by atoms with E-state index in [2.05, 4.69) is 10.3 Å². The molecule has 0 unspecified atom stereocenters. The van der Waals surface area contributed by atoms with Gasteiger partial charge in [-0.15, -0.1) is 11.3 Å². The normalized spacial score (nSPS) is 10.7. The summed E-state index contributed by atoms with van der Waals surface area (Å²) in [7, 11) is 3.16. The van der Waals surface area contributed by atoms with Gasteiger partial charge in [0.05, 0.1) is 26.5 Å². The zero-order chi connectivity index (χ0) is 19.1. The van der Waals surface area contributed by atoms with Gasteiger partial charge >= 0.3 is 0 Å². The fourth-order valence-electron chi connectivity index (χ4n) is 2.47. The summed E-state index contributed by atoms with van der Waals surface area (Å²) >= 11 is 1.57. The van der Waals surface area contributed by atoms with E-state index < -0.39 is 0 Å². The maximum absolute atomic E-state index is 12.1. The number of methoxy groups -OCH3 is 2. The Kier molecular flexibility index (Phi) is 6.22. The number of amides is 1. The summed E-state index contributed by atoms with van der Waals surface area (Å²) in [5, 5.41) is 5.75. The number of hydrogen-bond acceptors (Lipinski definition) is 5. The molecule has 6 heteroatoms. The van der Waals surface area contributed by atoms with Gasteiger partial charge in [-0.1, -0.05) is 36.4 Å². The lowest BCUT2D eigenvalue weighted by Crippen LogP contribution is -2.20. The smallest absolute Gasteiger partial charge is 0.244 e. The first-order valence-electron chi connectivity index (χ1n) is 8.37. The van der Waals surface area contributed by atoms with Crippen LogP contribution in [0.4, 0.5) is 0 Å². The molecule has 0 aliphatic heterocycles. The van der Waals surface area contributed by atoms with Crippen molar-refractivity contribution in [1.82, 2.24) is 10.3 Å². The van der Waals surface area contributed by atoms with Crippen molar-refractivity contribution in [3.05, 3.63) is 71.2 Å². The number of aromatic nitrogens is 1. The Hall–Kier alpha value is -3.12. The highest BCUT2D eigenvalue weighted by Crippen LogP contribution is 2.28. The first kappa shape index (κ1) is 18.7. The van der Waals surface area contributed by atoms with Gasteiger partial charge in [0.25, 0.3) is 0 Å². The van der Waals surface area contributed by atoms with Crippen molar-refractivity contribution in [2.75, 3.05) is 14.2 Å². The highest BCUT2D eigenvalue weighted by molar-refractivity contribution is 7.13. The number of carbonyl (C=O) groups is 1. The lowest BCUT2D eigenvalue weighted by atomic mass is 10.2. The lowest BCUT2D eigenvalue weighted by Gasteiger charge is -2.07. The molecule has 1 amide bonds. The molecule has 3 rings (SSSR count). The zero-order valence-electron chi connectivity index (χ0n) is 15.1. The minimum absolute atomic E-state index is 0.181. The maximum atomic E-state index is 12.1. The average Bonchev–Trinajstić information content (AvgIpc) is 3.20. The fraction of sp³-hybridized carbons (Fsp3) is 0.143. The molecule has 27 heavy (non-hydrogen) atoms. The molecule has 3 aromatic rings. The van der Waals surface area contributed by atoms with Crippen LogP contribution in [0.25, 0.3) is 16.6 Å². The van der Waals surface area contributed by atoms with Gasteiger partial charge < -0.3 is 14.8 Å². The lowest BCUT2D eigenvalue weighted by molar-refractivity contribution is -0.116. The third kappa shape index (κ3) is 4.95. The third-order valence-corrected chi connectivity index (χ3v) is 4.79. The molecule has 0 aliphatic rings. The topological polar surface area (TPSA) is 60.5 Å². The molecular formula is C21H20N2O3S. The summed E-state index contributed by atoms with van der Waals surface area (Å²) in [6.45, 7) is 0.387. The molecule has 0 bridgehead atoms. The molecule has 0 fully saturated rings. The molecule has 0 radical (unpaired) electrons. The van der Waals surface area contributed by atoms with Crippen LogP contribution in [0.3, 0.4) is 0 Å². The SMILES string of the molecule is COc1ccc(/C=C/C(=O)NCc2csc(-c3ccccc3)n2)cc1OC. The Morgan fingerprint density at radius 1 is 1.11 bits per heavy atom. The molecule has 0 spiro atoms. The second kappa shape index (κ2) is 9.00. The average molecular weight is 380 g/mol. The molecule has 0 saturated carbocycles. The van der Waals surface area contributed by atoms with Gasteiger partial charge in [0, 0.05) is 17.0 Å². The van der Waals surface area contributed by atoms with Gasteiger partial charge in [-0.2, -0.15) is 0 Å². The number of rotatable bonds is 7. The second-order valence-electron chi connectivity index (χ2n) is 5.68. The highest BCUT2D eigenvalue weighted by Gasteiger charge is 2.06. The summed E-state index contributed by atoms with van der Waals surface area (Å²) in [5.41, 5.74) is 2.77. The minimum atomic E-state index is -0.181. The standard InChI is InChI=1S/C21H20N2O3S/c1-25-18-10-8-15(12-19(18)26-2)9-11-20(24)22-13-17-14-27-21(23-17)16-6-4-3-5-7-16/h3-12,14H,13H2,1-2H3,(H,22,24)/b11-9+. The van der Waals surface area contributed by atoms with Crippen LogP contribution in [0.5, 0.6) is 11.5 Å². The van der Waals surface area contributed by atoms with E-state index in [1.54, 1.807) is 37.7 Å². The molecule has 1 aromatic heterocycles. The summed E-state index contributed by atoms with van der Waals surface area (Å²) < 4.78 is 10.5. The van der Waals surface area contributed by atoms with Crippen LogP contribution in [0.1, 0.15) is 11.3 Å². The van der Waals surface area contributed by atoms with Gasteiger partial charge in [0.1, 0.15) is 5.01 Å². The number of ether oxygens (including phenoxy) is 2. The van der Waals surface area contributed by atoms with E-state index in [-0.39, 0.29) is 5.91 Å². The first-order valence-corrected chi connectivity index (χ1v) is 9.25. The molecule has 0 atom stereocenters. The van der Waals surface area contributed by atoms with Crippen molar-refractivity contribution >= 4 is 23.3 Å². The number of benzene rings is 2. The van der Waals surface area contributed by atoms with E-state index in [0.29, 0.717) is 18.0 Å². The molecular weight excluding hydrogens is 360 g/mol. The number of nitrogens with one attached hydrogen (secondary N) is 1. The van der Waals surface area contributed by atoms with Crippen LogP contribution in [-0.2, 0) is 11.3 Å². The molecule has 0 aliphatic carbocycles. The monoisotopic (exact) mass is 380 g/mol. The molecule has 1 N–H and O–H groups in total. The van der Waals surface area contributed by atoms with Crippen molar-refractivity contribution in [1.29, 1.82) is 0 Å². The minimum Gasteiger partial charge on any atom is -0.493 e. The van der Waals surface area contributed by atoms with Crippen LogP contribution in [0, 0.1) is 0 Å². The number of carbonyl (C=O) groups excluding carboxylic acids is 1. The Balaban J connectivity index is 1.57. The van der Waals surface area contributed by atoms with E-state index in [1.165, 1.54) is 6.08 Å². The molecule has 2 aromatic carbocycles. The van der Waals surface area contributed by atoms with Crippen LogP contribution in [-0.4, -0.2) is 25.1 Å².